The maximum absolute atomic E-state index is 11.6. The van der Waals surface area contributed by atoms with Gasteiger partial charge in [0, 0.05) is 15.3 Å². The maximum atomic E-state index is 11.6. The van der Waals surface area contributed by atoms with Gasteiger partial charge >= 0.3 is 5.97 Å². The smallest absolute Gasteiger partial charge is 0.336 e. The molecule has 0 unspecified atom stereocenters. The third-order valence-electron chi connectivity index (χ3n) is 3.32. The van der Waals surface area contributed by atoms with Crippen LogP contribution in [0.25, 0.3) is 21.5 Å². The highest BCUT2D eigenvalue weighted by atomic mass is 35.5. The molecule has 0 atom stereocenters. The van der Waals surface area contributed by atoms with Gasteiger partial charge in [-0.3, -0.25) is 0 Å². The molecular formula is C16H11Cl2NO2S. The molecule has 0 aliphatic rings. The number of hydrogen-bond acceptors (Lipinski definition) is 3. The van der Waals surface area contributed by atoms with Gasteiger partial charge in [-0.1, -0.05) is 30.1 Å². The third kappa shape index (κ3) is 2.70. The molecule has 6 heteroatoms. The number of benzene rings is 1. The Morgan fingerprint density at radius 1 is 1.27 bits per heavy atom. The van der Waals surface area contributed by atoms with Gasteiger partial charge in [-0.15, -0.1) is 11.3 Å². The molecule has 1 aromatic carbocycles. The zero-order chi connectivity index (χ0) is 15.9. The van der Waals surface area contributed by atoms with E-state index in [-0.39, 0.29) is 5.56 Å². The predicted molar refractivity (Wildman–Crippen MR) is 91.4 cm³/mol. The van der Waals surface area contributed by atoms with Crippen molar-refractivity contribution in [3.05, 3.63) is 50.8 Å². The summed E-state index contributed by atoms with van der Waals surface area (Å²) in [6.07, 6.45) is 0.931. The van der Waals surface area contributed by atoms with Crippen molar-refractivity contribution in [1.82, 2.24) is 4.98 Å². The molecule has 3 aromatic rings. The van der Waals surface area contributed by atoms with Crippen molar-refractivity contribution in [2.24, 2.45) is 0 Å². The second kappa shape index (κ2) is 5.88. The second-order valence-electron chi connectivity index (χ2n) is 4.76. The number of hydrogen-bond donors (Lipinski definition) is 1. The van der Waals surface area contributed by atoms with Crippen LogP contribution in [0.3, 0.4) is 0 Å². The lowest BCUT2D eigenvalue weighted by molar-refractivity contribution is 0.0699. The molecule has 0 aliphatic carbocycles. The summed E-state index contributed by atoms with van der Waals surface area (Å²) in [5.41, 5.74) is 1.21. The fraction of sp³-hybridized carbons (Fsp3) is 0.125. The van der Waals surface area contributed by atoms with Crippen molar-refractivity contribution < 1.29 is 9.90 Å². The van der Waals surface area contributed by atoms with E-state index in [9.17, 15) is 9.90 Å². The number of pyridine rings is 1. The number of aromatic nitrogens is 1. The van der Waals surface area contributed by atoms with Crippen LogP contribution in [0.4, 0.5) is 0 Å². The van der Waals surface area contributed by atoms with Crippen LogP contribution in [-0.4, -0.2) is 16.1 Å². The normalized spacial score (nSPS) is 11.0. The first kappa shape index (κ1) is 15.3. The SMILES string of the molecule is CCc1ccc(-c2cc(C(=O)O)c3cc(Cl)cc(Cl)c3n2)s1. The average Bonchev–Trinajstić information content (AvgIpc) is 2.95. The molecule has 1 N–H and O–H groups in total. The van der Waals surface area contributed by atoms with Crippen molar-refractivity contribution >= 4 is 51.4 Å². The number of aryl methyl sites for hydroxylation is 1. The van der Waals surface area contributed by atoms with E-state index < -0.39 is 5.97 Å². The first-order chi connectivity index (χ1) is 10.5. The van der Waals surface area contributed by atoms with Crippen LogP contribution in [0, 0.1) is 0 Å². The number of aromatic carboxylic acids is 1. The van der Waals surface area contributed by atoms with Gasteiger partial charge in [0.1, 0.15) is 0 Å². The molecule has 2 aromatic heterocycles. The van der Waals surface area contributed by atoms with Crippen molar-refractivity contribution in [1.29, 1.82) is 0 Å². The second-order valence-corrected chi connectivity index (χ2v) is 6.78. The average molecular weight is 352 g/mol. The molecule has 0 aliphatic heterocycles. The van der Waals surface area contributed by atoms with Crippen LogP contribution >= 0.6 is 34.5 Å². The van der Waals surface area contributed by atoms with Gasteiger partial charge < -0.3 is 5.11 Å². The Morgan fingerprint density at radius 2 is 2.05 bits per heavy atom. The maximum Gasteiger partial charge on any atom is 0.336 e. The van der Waals surface area contributed by atoms with Gasteiger partial charge in [0.2, 0.25) is 0 Å². The Balaban J connectivity index is 2.31. The Hall–Kier alpha value is -1.62. The van der Waals surface area contributed by atoms with E-state index in [1.54, 1.807) is 29.5 Å². The molecule has 0 bridgehead atoms. The van der Waals surface area contributed by atoms with Crippen LogP contribution in [-0.2, 0) is 6.42 Å². The monoisotopic (exact) mass is 351 g/mol. The van der Waals surface area contributed by atoms with E-state index in [4.69, 9.17) is 23.2 Å². The van der Waals surface area contributed by atoms with Gasteiger partial charge in [-0.05, 0) is 36.8 Å². The van der Waals surface area contributed by atoms with Crippen LogP contribution in [0.15, 0.2) is 30.3 Å². The number of carboxylic acid groups (broad SMARTS) is 1. The molecular weight excluding hydrogens is 341 g/mol. The Labute approximate surface area is 141 Å². The summed E-state index contributed by atoms with van der Waals surface area (Å²) in [4.78, 5) is 18.2. The van der Waals surface area contributed by atoms with Crippen LogP contribution in [0.1, 0.15) is 22.2 Å². The summed E-state index contributed by atoms with van der Waals surface area (Å²) >= 11 is 13.8. The van der Waals surface area contributed by atoms with E-state index in [0.29, 0.717) is 26.6 Å². The minimum atomic E-state index is -1.03. The largest absolute Gasteiger partial charge is 0.478 e. The van der Waals surface area contributed by atoms with E-state index >= 15 is 0 Å². The molecule has 0 radical (unpaired) electrons. The third-order valence-corrected chi connectivity index (χ3v) is 5.08. The van der Waals surface area contributed by atoms with Crippen molar-refractivity contribution in [2.45, 2.75) is 13.3 Å². The number of nitrogens with zero attached hydrogens (tertiary/aromatic N) is 1. The van der Waals surface area contributed by atoms with E-state index in [0.717, 1.165) is 11.3 Å². The molecule has 112 valence electrons. The summed E-state index contributed by atoms with van der Waals surface area (Å²) in [6.45, 7) is 2.07. The molecule has 0 saturated heterocycles. The predicted octanol–water partition coefficient (Wildman–Crippen LogP) is 5.53. The Bertz CT molecular complexity index is 889. The number of halogens is 2. The van der Waals surface area contributed by atoms with Gasteiger partial charge in [-0.2, -0.15) is 0 Å². The first-order valence-electron chi connectivity index (χ1n) is 6.61. The number of carbonyl (C=O) groups is 1. The minimum Gasteiger partial charge on any atom is -0.478 e. The highest BCUT2D eigenvalue weighted by Crippen LogP contribution is 2.34. The van der Waals surface area contributed by atoms with Crippen LogP contribution in [0.2, 0.25) is 10.0 Å². The highest BCUT2D eigenvalue weighted by molar-refractivity contribution is 7.15. The lowest BCUT2D eigenvalue weighted by Crippen LogP contribution is -2.00. The summed E-state index contributed by atoms with van der Waals surface area (Å²) in [6, 6.07) is 8.69. The van der Waals surface area contributed by atoms with Crippen molar-refractivity contribution in [3.8, 4) is 10.6 Å². The van der Waals surface area contributed by atoms with Gasteiger partial charge in [0.25, 0.3) is 0 Å². The zero-order valence-electron chi connectivity index (χ0n) is 11.6. The number of rotatable bonds is 3. The van der Waals surface area contributed by atoms with Gasteiger partial charge in [-0.25, -0.2) is 9.78 Å². The van der Waals surface area contributed by atoms with E-state index in [1.807, 2.05) is 12.1 Å². The fourth-order valence-electron chi connectivity index (χ4n) is 2.26. The molecule has 3 rings (SSSR count). The van der Waals surface area contributed by atoms with Crippen molar-refractivity contribution in [3.63, 3.8) is 0 Å². The molecule has 0 spiro atoms. The summed E-state index contributed by atoms with van der Waals surface area (Å²) in [7, 11) is 0. The lowest BCUT2D eigenvalue weighted by atomic mass is 10.1. The Morgan fingerprint density at radius 3 is 2.68 bits per heavy atom. The van der Waals surface area contributed by atoms with Crippen molar-refractivity contribution in [2.75, 3.05) is 0 Å². The summed E-state index contributed by atoms with van der Waals surface area (Å²) in [5.74, 6) is -1.03. The molecule has 22 heavy (non-hydrogen) atoms. The highest BCUT2D eigenvalue weighted by Gasteiger charge is 2.16. The van der Waals surface area contributed by atoms with Gasteiger partial charge in [0.15, 0.2) is 0 Å². The number of thiophene rings is 1. The van der Waals surface area contributed by atoms with Gasteiger partial charge in [0.05, 0.1) is 26.7 Å². The number of fused-ring (bicyclic) bond motifs is 1. The molecule has 0 saturated carbocycles. The molecule has 0 fully saturated rings. The standard InChI is InChI=1S/C16H11Cl2NO2S/c1-2-9-3-4-14(22-9)13-7-11(16(20)21)10-5-8(17)6-12(18)15(10)19-13/h3-7H,2H2,1H3,(H,20,21). The molecule has 3 nitrogen and oxygen atoms in total. The quantitative estimate of drug-likeness (QED) is 0.674. The minimum absolute atomic E-state index is 0.149. The summed E-state index contributed by atoms with van der Waals surface area (Å²) < 4.78 is 0. The molecule has 2 heterocycles. The van der Waals surface area contributed by atoms with Crippen LogP contribution < -0.4 is 0 Å². The number of carboxylic acids is 1. The lowest BCUT2D eigenvalue weighted by Gasteiger charge is -2.08. The van der Waals surface area contributed by atoms with E-state index in [1.165, 1.54) is 4.88 Å². The molecule has 0 amide bonds. The first-order valence-corrected chi connectivity index (χ1v) is 8.19. The Kier molecular flexibility index (Phi) is 4.08. The van der Waals surface area contributed by atoms with E-state index in [2.05, 4.69) is 11.9 Å². The zero-order valence-corrected chi connectivity index (χ0v) is 13.9. The fourth-order valence-corrected chi connectivity index (χ4v) is 3.70. The topological polar surface area (TPSA) is 50.2 Å². The summed E-state index contributed by atoms with van der Waals surface area (Å²) in [5, 5.41) is 10.7. The van der Waals surface area contributed by atoms with Crippen LogP contribution in [0.5, 0.6) is 0 Å².